The number of imide groups is 1. The van der Waals surface area contributed by atoms with Gasteiger partial charge >= 0.3 is 0 Å². The number of hydrogen-bond donors (Lipinski definition) is 5. The van der Waals surface area contributed by atoms with Crippen LogP contribution in [0.1, 0.15) is 70.8 Å². The van der Waals surface area contributed by atoms with Crippen LogP contribution in [0.15, 0.2) is 89.4 Å². The number of hydrogen-bond acceptors (Lipinski definition) is 12. The maximum atomic E-state index is 17.7. The van der Waals surface area contributed by atoms with Gasteiger partial charge in [-0.2, -0.15) is 0 Å². The first-order chi connectivity index (χ1) is 31.2. The number of carbonyl (C=O) groups is 7. The van der Waals surface area contributed by atoms with E-state index in [9.17, 15) is 43.8 Å². The number of fused-ring (bicyclic) bond motifs is 7. The van der Waals surface area contributed by atoms with Gasteiger partial charge in [0.25, 0.3) is 11.8 Å². The molecule has 0 unspecified atom stereocenters. The molecule has 3 saturated carbocycles. The van der Waals surface area contributed by atoms with Crippen LogP contribution in [0, 0.1) is 22.7 Å². The highest BCUT2D eigenvalue weighted by atomic mass is 32.2. The minimum Gasteiger partial charge on any atom is -0.390 e. The van der Waals surface area contributed by atoms with Crippen LogP contribution in [0.3, 0.4) is 0 Å². The zero-order chi connectivity index (χ0) is 47.5. The third kappa shape index (κ3) is 7.83. The first-order valence-electron chi connectivity index (χ1n) is 21.9. The Hall–Kier alpha value is -5.40. The van der Waals surface area contributed by atoms with Crippen LogP contribution in [-0.2, 0) is 48.8 Å². The molecule has 66 heavy (non-hydrogen) atoms. The molecular formula is C48H52F2N4O11S. The molecule has 6 aliphatic rings. The van der Waals surface area contributed by atoms with E-state index in [1.807, 2.05) is 18.2 Å². The number of rotatable bonds is 14. The largest absolute Gasteiger partial charge is 0.390 e. The Morgan fingerprint density at radius 1 is 0.939 bits per heavy atom. The second-order valence-electron chi connectivity index (χ2n) is 18.5. The summed E-state index contributed by atoms with van der Waals surface area (Å²) in [5.74, 6) is -4.98. The van der Waals surface area contributed by atoms with E-state index in [0.29, 0.717) is 17.0 Å². The van der Waals surface area contributed by atoms with Crippen LogP contribution in [-0.4, -0.2) is 111 Å². The highest BCUT2D eigenvalue weighted by molar-refractivity contribution is 7.98. The quantitative estimate of drug-likeness (QED) is 0.135. The van der Waals surface area contributed by atoms with Crippen molar-refractivity contribution < 1.29 is 62.0 Å². The SMILES string of the molecule is C[C@H](NC(=O)CCN1C(=O)C=CC1=O)C(=O)N[C@@H](C)C(=O)Nc1cccc(SCc2ccc([C@@H]3O[C@@H]4C[C@H]5[C@@H]6C[C@H](F)C7=CC(=O)C=C[C@]7(C)[C@@]6(F)[C@@H](O)C[C@]5(C)[C@]4(C(=O)CO)O3)cc2)c1. The Bertz CT molecular complexity index is 2450. The fourth-order valence-corrected chi connectivity index (χ4v) is 12.1. The van der Waals surface area contributed by atoms with Gasteiger partial charge in [-0.3, -0.25) is 38.5 Å². The molecule has 8 rings (SSSR count). The predicted octanol–water partition coefficient (Wildman–Crippen LogP) is 3.88. The van der Waals surface area contributed by atoms with Gasteiger partial charge in [0.2, 0.25) is 17.7 Å². The normalized spacial score (nSPS) is 33.8. The third-order valence-corrected chi connectivity index (χ3v) is 15.7. The number of nitrogens with one attached hydrogen (secondary N) is 3. The Kier molecular flexibility index (Phi) is 12.6. The molecule has 5 amide bonds. The van der Waals surface area contributed by atoms with Gasteiger partial charge in [-0.15, -0.1) is 11.8 Å². The minimum atomic E-state index is -2.35. The van der Waals surface area contributed by atoms with Gasteiger partial charge in [-0.1, -0.05) is 43.3 Å². The molecule has 5 N–H and O–H groups in total. The minimum absolute atomic E-state index is 0.000658. The van der Waals surface area contributed by atoms with Gasteiger partial charge < -0.3 is 35.6 Å². The first kappa shape index (κ1) is 47.1. The third-order valence-electron chi connectivity index (χ3n) is 14.7. The summed E-state index contributed by atoms with van der Waals surface area (Å²) >= 11 is 1.50. The summed E-state index contributed by atoms with van der Waals surface area (Å²) in [6.45, 7) is 5.17. The van der Waals surface area contributed by atoms with Crippen molar-refractivity contribution in [1.82, 2.24) is 15.5 Å². The van der Waals surface area contributed by atoms with Crippen molar-refractivity contribution >= 4 is 58.6 Å². The number of allylic oxidation sites excluding steroid dienone is 4. The lowest BCUT2D eigenvalue weighted by Gasteiger charge is -2.63. The van der Waals surface area contributed by atoms with Gasteiger partial charge in [-0.05, 0) is 87.4 Å². The number of anilines is 1. The van der Waals surface area contributed by atoms with E-state index in [2.05, 4.69) is 16.0 Å². The lowest BCUT2D eigenvalue weighted by atomic mass is 9.44. The fraction of sp³-hybridized carbons (Fsp3) is 0.479. The van der Waals surface area contributed by atoms with Gasteiger partial charge in [-0.25, -0.2) is 8.78 Å². The fourth-order valence-electron chi connectivity index (χ4n) is 11.2. The van der Waals surface area contributed by atoms with Gasteiger partial charge in [0.05, 0.1) is 12.2 Å². The molecule has 1 saturated heterocycles. The number of ether oxygens (including phenoxy) is 2. The maximum Gasteiger partial charge on any atom is 0.253 e. The Balaban J connectivity index is 0.862. The molecule has 0 spiro atoms. The number of thioether (sulfide) groups is 1. The van der Waals surface area contributed by atoms with Gasteiger partial charge in [0.15, 0.2) is 29.1 Å². The molecule has 0 bridgehead atoms. The molecule has 18 heteroatoms. The molecule has 2 heterocycles. The zero-order valence-corrected chi connectivity index (χ0v) is 37.6. The number of amides is 5. The van der Waals surface area contributed by atoms with Crippen molar-refractivity contribution in [2.45, 2.75) is 112 Å². The van der Waals surface area contributed by atoms with Crippen LogP contribution >= 0.6 is 11.8 Å². The summed E-state index contributed by atoms with van der Waals surface area (Å²) in [6, 6.07) is 12.5. The molecule has 15 nitrogen and oxygen atoms in total. The average Bonchev–Trinajstić information content (AvgIpc) is 3.91. The van der Waals surface area contributed by atoms with Crippen molar-refractivity contribution in [1.29, 1.82) is 0 Å². The number of carbonyl (C=O) groups excluding carboxylic acids is 7. The lowest BCUT2D eigenvalue weighted by Crippen LogP contribution is -2.70. The Labute approximate surface area is 383 Å². The second-order valence-corrected chi connectivity index (χ2v) is 19.5. The Morgan fingerprint density at radius 3 is 2.33 bits per heavy atom. The number of aliphatic hydroxyl groups is 2. The van der Waals surface area contributed by atoms with Crippen molar-refractivity contribution in [3.05, 3.63) is 95.6 Å². The lowest BCUT2D eigenvalue weighted by molar-refractivity contribution is -0.235. The second kappa shape index (κ2) is 17.7. The number of ketones is 2. The van der Waals surface area contributed by atoms with E-state index < -0.39 is 118 Å². The number of Topliss-reactive ketones (excluding diaryl/α,β-unsaturated/α-hetero) is 1. The van der Waals surface area contributed by atoms with E-state index in [-0.39, 0.29) is 37.8 Å². The zero-order valence-electron chi connectivity index (χ0n) is 36.8. The van der Waals surface area contributed by atoms with Crippen molar-refractivity contribution in [3.8, 4) is 0 Å². The van der Waals surface area contributed by atoms with Gasteiger partial charge in [0.1, 0.15) is 24.9 Å². The van der Waals surface area contributed by atoms with Crippen LogP contribution < -0.4 is 16.0 Å². The smallest absolute Gasteiger partial charge is 0.253 e. The number of alkyl halides is 2. The van der Waals surface area contributed by atoms with Crippen molar-refractivity contribution in [3.63, 3.8) is 0 Å². The number of aliphatic hydroxyl groups excluding tert-OH is 2. The molecule has 2 aromatic rings. The molecule has 2 aromatic carbocycles. The van der Waals surface area contributed by atoms with Crippen LogP contribution in [0.25, 0.3) is 0 Å². The maximum absolute atomic E-state index is 17.7. The number of halogens is 2. The molecular weight excluding hydrogens is 879 g/mol. The van der Waals surface area contributed by atoms with Gasteiger partial charge in [0, 0.05) is 63.8 Å². The van der Waals surface area contributed by atoms with E-state index in [4.69, 9.17) is 9.47 Å². The number of nitrogens with zero attached hydrogens (tertiary/aromatic N) is 1. The topological polar surface area (TPSA) is 218 Å². The van der Waals surface area contributed by atoms with Crippen molar-refractivity contribution in [2.24, 2.45) is 22.7 Å². The monoisotopic (exact) mass is 930 g/mol. The molecule has 350 valence electrons. The van der Waals surface area contributed by atoms with Crippen LogP contribution in [0.5, 0.6) is 0 Å². The van der Waals surface area contributed by atoms with Crippen LogP contribution in [0.2, 0.25) is 0 Å². The summed E-state index contributed by atoms with van der Waals surface area (Å²) < 4.78 is 46.8. The van der Waals surface area contributed by atoms with E-state index >= 15 is 8.78 Å². The van der Waals surface area contributed by atoms with E-state index in [1.165, 1.54) is 44.7 Å². The molecule has 0 radical (unpaired) electrons. The van der Waals surface area contributed by atoms with Crippen molar-refractivity contribution in [2.75, 3.05) is 18.5 Å². The highest BCUT2D eigenvalue weighted by Gasteiger charge is 2.80. The predicted molar refractivity (Wildman–Crippen MR) is 234 cm³/mol. The standard InChI is InChI=1S/C48H52F2N4O11S/c1-25(51-39(59)15-17-54-40(60)12-13-41(54)61)42(62)52-26(2)43(63)53-29-6-5-7-31(18-29)66-24-27-8-10-28(11-9-27)44-64-38-21-32-33-20-35(49)34-19-30(56)14-16-45(34,3)47(33,50)36(57)22-46(32,4)48(38,65-44)37(58)23-55/h5-14,16,18-19,25-26,32-33,35-36,38,44,55,57H,15,17,20-24H2,1-4H3,(H,51,59)(H,52,62)(H,53,63)/t25-,26-,32-,33-,35-,36-,38+,44+,45-,46-,47-,48+/m0/s1. The molecule has 2 aliphatic heterocycles. The first-order valence-corrected chi connectivity index (χ1v) is 22.9. The molecule has 4 fully saturated rings. The summed E-state index contributed by atoms with van der Waals surface area (Å²) in [7, 11) is 0. The molecule has 4 aliphatic carbocycles. The summed E-state index contributed by atoms with van der Waals surface area (Å²) in [5.41, 5.74) is -4.94. The highest BCUT2D eigenvalue weighted by Crippen LogP contribution is 2.72. The summed E-state index contributed by atoms with van der Waals surface area (Å²) in [4.78, 5) is 89.4. The van der Waals surface area contributed by atoms with E-state index in [1.54, 1.807) is 37.3 Å². The number of benzene rings is 2. The van der Waals surface area contributed by atoms with Crippen LogP contribution in [0.4, 0.5) is 14.5 Å². The van der Waals surface area contributed by atoms with E-state index in [0.717, 1.165) is 33.6 Å². The summed E-state index contributed by atoms with van der Waals surface area (Å²) in [6.07, 6.45) is 0.0819. The Morgan fingerprint density at radius 2 is 1.64 bits per heavy atom. The summed E-state index contributed by atoms with van der Waals surface area (Å²) in [5, 5.41) is 30.0. The molecule has 0 aromatic heterocycles. The average molecular weight is 931 g/mol. The molecule has 12 atom stereocenters.